The molecule has 74 valence electrons. The minimum Gasteiger partial charge on any atom is -0.323 e. The van der Waals surface area contributed by atoms with E-state index in [1.54, 1.807) is 11.3 Å². The Kier molecular flexibility index (Phi) is 3.88. The maximum absolute atomic E-state index is 6.06. The molecule has 1 aromatic heterocycles. The van der Waals surface area contributed by atoms with Crippen molar-refractivity contribution in [2.24, 2.45) is 11.7 Å². The summed E-state index contributed by atoms with van der Waals surface area (Å²) >= 11 is 1.67. The van der Waals surface area contributed by atoms with Gasteiger partial charge in [-0.1, -0.05) is 13.8 Å². The highest BCUT2D eigenvalue weighted by Gasteiger charge is 2.11. The number of thiazole rings is 1. The highest BCUT2D eigenvalue weighted by atomic mass is 32.1. The molecule has 1 unspecified atom stereocenters. The minimum atomic E-state index is 0.190. The van der Waals surface area contributed by atoms with E-state index in [1.807, 2.05) is 12.4 Å². The molecular weight excluding hydrogens is 180 g/mol. The second-order valence-corrected chi connectivity index (χ2v) is 4.77. The zero-order valence-corrected chi connectivity index (χ0v) is 9.40. The summed E-state index contributed by atoms with van der Waals surface area (Å²) in [6, 6.07) is 0.190. The molecule has 0 aliphatic carbocycles. The Labute approximate surface area is 84.2 Å². The van der Waals surface area contributed by atoms with Crippen molar-refractivity contribution in [2.75, 3.05) is 0 Å². The van der Waals surface area contributed by atoms with Crippen LogP contribution < -0.4 is 5.73 Å². The normalized spacial score (nSPS) is 13.6. The molecule has 1 aromatic rings. The predicted octanol–water partition coefficient (Wildman–Crippen LogP) is 2.89. The van der Waals surface area contributed by atoms with E-state index in [0.717, 1.165) is 18.0 Å². The highest BCUT2D eigenvalue weighted by Crippen LogP contribution is 2.24. The van der Waals surface area contributed by atoms with Gasteiger partial charge in [0, 0.05) is 10.9 Å². The predicted molar refractivity (Wildman–Crippen MR) is 57.9 cm³/mol. The number of aromatic nitrogens is 1. The standard InChI is InChI=1S/C10H18N2S/c1-7(2)4-5-9(11)10-8(3)12-6-13-10/h6-7,9H,4-5,11H2,1-3H3. The number of hydrogen-bond acceptors (Lipinski definition) is 3. The largest absolute Gasteiger partial charge is 0.323 e. The van der Waals surface area contributed by atoms with Crippen LogP contribution in [0.15, 0.2) is 5.51 Å². The fourth-order valence-corrected chi connectivity index (χ4v) is 2.15. The summed E-state index contributed by atoms with van der Waals surface area (Å²) in [5.41, 5.74) is 9.03. The molecule has 0 spiro atoms. The molecule has 0 aliphatic heterocycles. The Morgan fingerprint density at radius 2 is 2.15 bits per heavy atom. The van der Waals surface area contributed by atoms with Gasteiger partial charge >= 0.3 is 0 Å². The second kappa shape index (κ2) is 4.72. The van der Waals surface area contributed by atoms with Crippen LogP contribution in [0.1, 0.15) is 43.3 Å². The van der Waals surface area contributed by atoms with Gasteiger partial charge < -0.3 is 5.73 Å². The summed E-state index contributed by atoms with van der Waals surface area (Å²) in [6.07, 6.45) is 2.26. The van der Waals surface area contributed by atoms with Crippen LogP contribution in [0.2, 0.25) is 0 Å². The molecule has 0 amide bonds. The van der Waals surface area contributed by atoms with Crippen molar-refractivity contribution in [2.45, 2.75) is 39.7 Å². The van der Waals surface area contributed by atoms with Gasteiger partial charge in [-0.05, 0) is 25.7 Å². The number of rotatable bonds is 4. The van der Waals surface area contributed by atoms with E-state index in [-0.39, 0.29) is 6.04 Å². The van der Waals surface area contributed by atoms with Crippen LogP contribution in [-0.2, 0) is 0 Å². The van der Waals surface area contributed by atoms with Crippen molar-refractivity contribution in [1.82, 2.24) is 4.98 Å². The lowest BCUT2D eigenvalue weighted by Crippen LogP contribution is -2.10. The topological polar surface area (TPSA) is 38.9 Å². The molecule has 2 N–H and O–H groups in total. The van der Waals surface area contributed by atoms with Gasteiger partial charge in [-0.3, -0.25) is 0 Å². The first kappa shape index (κ1) is 10.7. The molecule has 0 bridgehead atoms. The van der Waals surface area contributed by atoms with Crippen molar-refractivity contribution in [3.05, 3.63) is 16.1 Å². The molecule has 0 saturated heterocycles. The molecule has 1 heterocycles. The number of aryl methyl sites for hydroxylation is 1. The van der Waals surface area contributed by atoms with E-state index < -0.39 is 0 Å². The van der Waals surface area contributed by atoms with Crippen LogP contribution in [0, 0.1) is 12.8 Å². The fraction of sp³-hybridized carbons (Fsp3) is 0.700. The van der Waals surface area contributed by atoms with Crippen LogP contribution in [-0.4, -0.2) is 4.98 Å². The maximum atomic E-state index is 6.06. The molecular formula is C10H18N2S. The molecule has 0 aromatic carbocycles. The Balaban J connectivity index is 2.49. The lowest BCUT2D eigenvalue weighted by atomic mass is 10.0. The molecule has 1 atom stereocenters. The van der Waals surface area contributed by atoms with Gasteiger partial charge in [0.15, 0.2) is 0 Å². The molecule has 0 radical (unpaired) electrons. The van der Waals surface area contributed by atoms with Gasteiger partial charge in [0.1, 0.15) is 0 Å². The summed E-state index contributed by atoms with van der Waals surface area (Å²) in [7, 11) is 0. The zero-order valence-electron chi connectivity index (χ0n) is 8.58. The molecule has 3 heteroatoms. The van der Waals surface area contributed by atoms with E-state index in [0.29, 0.717) is 0 Å². The summed E-state index contributed by atoms with van der Waals surface area (Å²) in [5, 5.41) is 0. The third-order valence-electron chi connectivity index (χ3n) is 2.17. The molecule has 1 rings (SSSR count). The Morgan fingerprint density at radius 3 is 2.62 bits per heavy atom. The summed E-state index contributed by atoms with van der Waals surface area (Å²) < 4.78 is 0. The van der Waals surface area contributed by atoms with Gasteiger partial charge in [-0.2, -0.15) is 0 Å². The SMILES string of the molecule is Cc1ncsc1C(N)CCC(C)C. The van der Waals surface area contributed by atoms with Crippen LogP contribution in [0.25, 0.3) is 0 Å². The molecule has 2 nitrogen and oxygen atoms in total. The Bertz CT molecular complexity index is 255. The molecule has 0 fully saturated rings. The first-order valence-corrected chi connectivity index (χ1v) is 5.64. The molecule has 0 saturated carbocycles. The summed E-state index contributed by atoms with van der Waals surface area (Å²) in [4.78, 5) is 5.45. The number of nitrogens with two attached hydrogens (primary N) is 1. The maximum Gasteiger partial charge on any atom is 0.0798 e. The third-order valence-corrected chi connectivity index (χ3v) is 3.24. The van der Waals surface area contributed by atoms with E-state index >= 15 is 0 Å². The van der Waals surface area contributed by atoms with Crippen LogP contribution in [0.4, 0.5) is 0 Å². The minimum absolute atomic E-state index is 0.190. The van der Waals surface area contributed by atoms with E-state index in [1.165, 1.54) is 11.3 Å². The number of hydrogen-bond donors (Lipinski definition) is 1. The lowest BCUT2D eigenvalue weighted by Gasteiger charge is -2.11. The summed E-state index contributed by atoms with van der Waals surface area (Å²) in [6.45, 7) is 6.49. The smallest absolute Gasteiger partial charge is 0.0798 e. The van der Waals surface area contributed by atoms with Gasteiger partial charge in [-0.25, -0.2) is 4.98 Å². The first-order chi connectivity index (χ1) is 6.11. The van der Waals surface area contributed by atoms with Crippen LogP contribution in [0.3, 0.4) is 0 Å². The Hall–Kier alpha value is -0.410. The second-order valence-electron chi connectivity index (χ2n) is 3.88. The van der Waals surface area contributed by atoms with Gasteiger partial charge in [-0.15, -0.1) is 11.3 Å². The third kappa shape index (κ3) is 3.08. The average molecular weight is 198 g/mol. The summed E-state index contributed by atoms with van der Waals surface area (Å²) in [5.74, 6) is 0.735. The average Bonchev–Trinajstić information content (AvgIpc) is 2.47. The molecule has 13 heavy (non-hydrogen) atoms. The Morgan fingerprint density at radius 1 is 1.46 bits per heavy atom. The van der Waals surface area contributed by atoms with Crippen molar-refractivity contribution in [1.29, 1.82) is 0 Å². The van der Waals surface area contributed by atoms with Crippen LogP contribution in [0.5, 0.6) is 0 Å². The van der Waals surface area contributed by atoms with E-state index in [9.17, 15) is 0 Å². The van der Waals surface area contributed by atoms with Crippen molar-refractivity contribution >= 4 is 11.3 Å². The van der Waals surface area contributed by atoms with Crippen molar-refractivity contribution in [3.8, 4) is 0 Å². The van der Waals surface area contributed by atoms with Crippen molar-refractivity contribution in [3.63, 3.8) is 0 Å². The van der Waals surface area contributed by atoms with E-state index in [2.05, 4.69) is 18.8 Å². The lowest BCUT2D eigenvalue weighted by molar-refractivity contribution is 0.509. The highest BCUT2D eigenvalue weighted by molar-refractivity contribution is 7.09. The first-order valence-electron chi connectivity index (χ1n) is 4.76. The zero-order chi connectivity index (χ0) is 9.84. The van der Waals surface area contributed by atoms with Gasteiger partial charge in [0.05, 0.1) is 11.2 Å². The van der Waals surface area contributed by atoms with Crippen LogP contribution >= 0.6 is 11.3 Å². The van der Waals surface area contributed by atoms with Gasteiger partial charge in [0.25, 0.3) is 0 Å². The van der Waals surface area contributed by atoms with Gasteiger partial charge in [0.2, 0.25) is 0 Å². The monoisotopic (exact) mass is 198 g/mol. The fourth-order valence-electron chi connectivity index (χ4n) is 1.31. The number of nitrogens with zero attached hydrogens (tertiary/aromatic N) is 1. The van der Waals surface area contributed by atoms with E-state index in [4.69, 9.17) is 5.73 Å². The van der Waals surface area contributed by atoms with Crippen molar-refractivity contribution < 1.29 is 0 Å². The quantitative estimate of drug-likeness (QED) is 0.808. The molecule has 0 aliphatic rings.